The molecule has 31 heavy (non-hydrogen) atoms. The molecular formula is C22H29FN6OS. The van der Waals surface area contributed by atoms with Crippen LogP contribution in [-0.2, 0) is 19.4 Å². The highest BCUT2D eigenvalue weighted by atomic mass is 32.2. The van der Waals surface area contributed by atoms with E-state index in [1.165, 1.54) is 12.1 Å². The molecule has 0 aliphatic heterocycles. The maximum absolute atomic E-state index is 13.2. The van der Waals surface area contributed by atoms with Crippen LogP contribution in [0.2, 0.25) is 0 Å². The zero-order valence-electron chi connectivity index (χ0n) is 18.4. The summed E-state index contributed by atoms with van der Waals surface area (Å²) in [4.78, 5) is 12.7. The third-order valence-corrected chi connectivity index (χ3v) is 5.57. The topological polar surface area (TPSA) is 77.6 Å². The number of aromatic nitrogens is 5. The van der Waals surface area contributed by atoms with Crippen LogP contribution in [0.15, 0.2) is 35.6 Å². The van der Waals surface area contributed by atoms with Crippen molar-refractivity contribution in [2.24, 2.45) is 5.92 Å². The van der Waals surface area contributed by atoms with E-state index in [4.69, 9.17) is 0 Å². The van der Waals surface area contributed by atoms with E-state index >= 15 is 0 Å². The summed E-state index contributed by atoms with van der Waals surface area (Å²) in [6.07, 6.45) is 5.72. The van der Waals surface area contributed by atoms with Gasteiger partial charge >= 0.3 is 0 Å². The molecule has 3 rings (SSSR count). The maximum atomic E-state index is 13.2. The van der Waals surface area contributed by atoms with Crippen molar-refractivity contribution in [1.29, 1.82) is 0 Å². The first-order valence-corrected chi connectivity index (χ1v) is 11.7. The fourth-order valence-electron chi connectivity index (χ4n) is 3.46. The number of benzene rings is 1. The highest BCUT2D eigenvalue weighted by Gasteiger charge is 2.17. The number of carbonyl (C=O) groups is 1. The zero-order chi connectivity index (χ0) is 22.4. The molecule has 0 spiro atoms. The van der Waals surface area contributed by atoms with E-state index in [2.05, 4.69) is 39.0 Å². The molecule has 9 heteroatoms. The second-order valence-electron chi connectivity index (χ2n) is 7.71. The van der Waals surface area contributed by atoms with Gasteiger partial charge in [-0.1, -0.05) is 32.5 Å². The van der Waals surface area contributed by atoms with Gasteiger partial charge in [-0.15, -0.1) is 10.2 Å². The highest BCUT2D eigenvalue weighted by Crippen LogP contribution is 2.18. The Bertz CT molecular complexity index is 1010. The standard InChI is InChI=1S/C22H29FN6OS/c1-5-19-18(13-25-29(19)17-10-8-16(23)9-11-17)21(30)24-12-6-7-20-26-27-22(31-4)28(20)14-15(2)3/h8-11,13,15H,5-7,12,14H2,1-4H3,(H,24,30). The summed E-state index contributed by atoms with van der Waals surface area (Å²) in [7, 11) is 0. The summed E-state index contributed by atoms with van der Waals surface area (Å²) in [5.74, 6) is 0.996. The predicted molar refractivity (Wildman–Crippen MR) is 120 cm³/mol. The molecule has 1 N–H and O–H groups in total. The van der Waals surface area contributed by atoms with Crippen LogP contribution in [0, 0.1) is 11.7 Å². The maximum Gasteiger partial charge on any atom is 0.254 e. The van der Waals surface area contributed by atoms with E-state index in [0.29, 0.717) is 24.4 Å². The third kappa shape index (κ3) is 5.52. The van der Waals surface area contributed by atoms with E-state index in [0.717, 1.165) is 41.7 Å². The van der Waals surface area contributed by atoms with Crippen molar-refractivity contribution in [3.05, 3.63) is 53.4 Å². The lowest BCUT2D eigenvalue weighted by atomic mass is 10.2. The first kappa shape index (κ1) is 23.0. The van der Waals surface area contributed by atoms with Crippen molar-refractivity contribution in [2.75, 3.05) is 12.8 Å². The van der Waals surface area contributed by atoms with Gasteiger partial charge in [0.2, 0.25) is 0 Å². The van der Waals surface area contributed by atoms with Gasteiger partial charge in [-0.25, -0.2) is 9.07 Å². The Kier molecular flexibility index (Phi) is 7.84. The molecule has 3 aromatic rings. The van der Waals surface area contributed by atoms with Crippen LogP contribution < -0.4 is 5.32 Å². The van der Waals surface area contributed by atoms with Gasteiger partial charge in [0.1, 0.15) is 11.6 Å². The van der Waals surface area contributed by atoms with Crippen LogP contribution in [0.1, 0.15) is 49.1 Å². The van der Waals surface area contributed by atoms with Gasteiger partial charge in [0.05, 0.1) is 23.1 Å². The number of rotatable bonds is 10. The Morgan fingerprint density at radius 1 is 1.23 bits per heavy atom. The summed E-state index contributed by atoms with van der Waals surface area (Å²) in [5.41, 5.74) is 2.07. The number of carbonyl (C=O) groups excluding carboxylic acids is 1. The second-order valence-corrected chi connectivity index (χ2v) is 8.49. The molecule has 166 valence electrons. The monoisotopic (exact) mass is 444 g/mol. The van der Waals surface area contributed by atoms with Gasteiger partial charge in [0, 0.05) is 19.5 Å². The fourth-order valence-corrected chi connectivity index (χ4v) is 3.98. The molecule has 2 aromatic heterocycles. The number of halogens is 1. The summed E-state index contributed by atoms with van der Waals surface area (Å²) < 4.78 is 17.1. The van der Waals surface area contributed by atoms with Gasteiger partial charge in [0.25, 0.3) is 5.91 Å². The largest absolute Gasteiger partial charge is 0.352 e. The molecule has 0 saturated heterocycles. The number of hydrogen-bond donors (Lipinski definition) is 1. The fraction of sp³-hybridized carbons (Fsp3) is 0.455. The Labute approximate surface area is 186 Å². The first-order chi connectivity index (χ1) is 14.9. The van der Waals surface area contributed by atoms with Crippen LogP contribution in [0.5, 0.6) is 0 Å². The quantitative estimate of drug-likeness (QED) is 0.379. The van der Waals surface area contributed by atoms with Crippen LogP contribution >= 0.6 is 11.8 Å². The predicted octanol–water partition coefficient (Wildman–Crippen LogP) is 3.91. The number of amides is 1. The van der Waals surface area contributed by atoms with Gasteiger partial charge in [-0.05, 0) is 49.3 Å². The molecule has 0 fully saturated rings. The van der Waals surface area contributed by atoms with Gasteiger partial charge < -0.3 is 9.88 Å². The van der Waals surface area contributed by atoms with Crippen molar-refractivity contribution in [1.82, 2.24) is 29.9 Å². The zero-order valence-corrected chi connectivity index (χ0v) is 19.2. The molecule has 1 amide bonds. The van der Waals surface area contributed by atoms with Crippen LogP contribution in [0.4, 0.5) is 4.39 Å². The SMILES string of the molecule is CCc1c(C(=O)NCCCc2nnc(SC)n2CC(C)C)cnn1-c1ccc(F)cc1. The molecule has 0 aliphatic rings. The lowest BCUT2D eigenvalue weighted by molar-refractivity contribution is 0.0952. The Hall–Kier alpha value is -2.68. The Balaban J connectivity index is 1.61. The Morgan fingerprint density at radius 3 is 2.61 bits per heavy atom. The summed E-state index contributed by atoms with van der Waals surface area (Å²) in [6, 6.07) is 6.08. The lowest BCUT2D eigenvalue weighted by Crippen LogP contribution is -2.26. The van der Waals surface area contributed by atoms with Crippen molar-refractivity contribution in [3.63, 3.8) is 0 Å². The highest BCUT2D eigenvalue weighted by molar-refractivity contribution is 7.98. The second kappa shape index (κ2) is 10.6. The van der Waals surface area contributed by atoms with Crippen molar-refractivity contribution in [2.45, 2.75) is 51.7 Å². The average Bonchev–Trinajstić information content (AvgIpc) is 3.35. The number of thioether (sulfide) groups is 1. The number of nitrogens with one attached hydrogen (secondary N) is 1. The van der Waals surface area contributed by atoms with Gasteiger partial charge in [-0.3, -0.25) is 4.79 Å². The molecule has 0 bridgehead atoms. The summed E-state index contributed by atoms with van der Waals surface area (Å²) in [6.45, 7) is 7.73. The minimum atomic E-state index is -0.305. The average molecular weight is 445 g/mol. The Morgan fingerprint density at radius 2 is 1.97 bits per heavy atom. The van der Waals surface area contributed by atoms with Crippen molar-refractivity contribution in [3.8, 4) is 5.69 Å². The molecule has 0 saturated carbocycles. The van der Waals surface area contributed by atoms with E-state index < -0.39 is 0 Å². The minimum absolute atomic E-state index is 0.154. The minimum Gasteiger partial charge on any atom is -0.352 e. The van der Waals surface area contributed by atoms with E-state index in [-0.39, 0.29) is 11.7 Å². The number of nitrogens with zero attached hydrogens (tertiary/aromatic N) is 5. The van der Waals surface area contributed by atoms with Crippen LogP contribution in [0.3, 0.4) is 0 Å². The molecule has 0 unspecified atom stereocenters. The summed E-state index contributed by atoms with van der Waals surface area (Å²) >= 11 is 1.59. The molecule has 0 aliphatic carbocycles. The smallest absolute Gasteiger partial charge is 0.254 e. The molecule has 0 atom stereocenters. The van der Waals surface area contributed by atoms with E-state index in [1.807, 2.05) is 13.2 Å². The van der Waals surface area contributed by atoms with Crippen molar-refractivity contribution < 1.29 is 9.18 Å². The van der Waals surface area contributed by atoms with E-state index in [1.54, 1.807) is 34.8 Å². The molecular weight excluding hydrogens is 415 g/mol. The lowest BCUT2D eigenvalue weighted by Gasteiger charge is -2.12. The third-order valence-electron chi connectivity index (χ3n) is 4.91. The summed E-state index contributed by atoms with van der Waals surface area (Å²) in [5, 5.41) is 16.8. The van der Waals surface area contributed by atoms with Gasteiger partial charge in [-0.2, -0.15) is 5.10 Å². The molecule has 2 heterocycles. The van der Waals surface area contributed by atoms with Crippen molar-refractivity contribution >= 4 is 17.7 Å². The molecule has 1 aromatic carbocycles. The first-order valence-electron chi connectivity index (χ1n) is 10.5. The molecule has 0 radical (unpaired) electrons. The van der Waals surface area contributed by atoms with E-state index in [9.17, 15) is 9.18 Å². The van der Waals surface area contributed by atoms with Crippen LogP contribution in [0.25, 0.3) is 5.69 Å². The van der Waals surface area contributed by atoms with Crippen LogP contribution in [-0.4, -0.2) is 43.3 Å². The number of hydrogen-bond acceptors (Lipinski definition) is 5. The normalized spacial score (nSPS) is 11.3. The number of aryl methyl sites for hydroxylation is 1. The molecule has 7 nitrogen and oxygen atoms in total. The van der Waals surface area contributed by atoms with Gasteiger partial charge in [0.15, 0.2) is 5.16 Å².